The Hall–Kier alpha value is -2.49. The second-order valence-electron chi connectivity index (χ2n) is 5.48. The first-order valence-electron chi connectivity index (χ1n) is 7.01. The molecule has 2 aromatic carbocycles. The van der Waals surface area contributed by atoms with E-state index in [0.717, 1.165) is 23.2 Å². The second-order valence-corrected chi connectivity index (χ2v) is 5.48. The Morgan fingerprint density at radius 3 is 2.86 bits per heavy atom. The van der Waals surface area contributed by atoms with Crippen LogP contribution in [0.3, 0.4) is 0 Å². The summed E-state index contributed by atoms with van der Waals surface area (Å²) in [5.41, 5.74) is 10.2. The number of nitrogen functional groups attached to an aromatic ring is 1. The van der Waals surface area contributed by atoms with Crippen molar-refractivity contribution in [3.05, 3.63) is 58.7 Å². The van der Waals surface area contributed by atoms with Crippen LogP contribution in [0.4, 0.5) is 5.69 Å². The molecule has 1 aliphatic rings. The number of hydrogen-bond acceptors (Lipinski definition) is 3. The Morgan fingerprint density at radius 1 is 1.29 bits per heavy atom. The number of rotatable bonds is 1. The highest BCUT2D eigenvalue weighted by atomic mass is 16.3. The minimum atomic E-state index is -0.151. The zero-order chi connectivity index (χ0) is 15.0. The first-order valence-corrected chi connectivity index (χ1v) is 7.01. The molecule has 0 spiro atoms. The van der Waals surface area contributed by atoms with Crippen LogP contribution in [-0.4, -0.2) is 22.5 Å². The number of phenols is 1. The third kappa shape index (κ3) is 2.44. The zero-order valence-electron chi connectivity index (χ0n) is 12.0. The maximum atomic E-state index is 12.6. The molecule has 108 valence electrons. The number of benzene rings is 2. The summed E-state index contributed by atoms with van der Waals surface area (Å²) in [5, 5.41) is 9.97. The van der Waals surface area contributed by atoms with Crippen molar-refractivity contribution in [2.24, 2.45) is 0 Å². The number of nitrogens with zero attached hydrogens (tertiary/aromatic N) is 1. The highest BCUT2D eigenvalue weighted by Gasteiger charge is 2.24. The Morgan fingerprint density at radius 2 is 2.10 bits per heavy atom. The van der Waals surface area contributed by atoms with Crippen molar-refractivity contribution < 1.29 is 9.90 Å². The molecule has 21 heavy (non-hydrogen) atoms. The first kappa shape index (κ1) is 13.5. The minimum Gasteiger partial charge on any atom is -0.507 e. The quantitative estimate of drug-likeness (QED) is 0.790. The van der Waals surface area contributed by atoms with Crippen LogP contribution in [0, 0.1) is 6.92 Å². The molecular formula is C17H18N2O2. The average molecular weight is 282 g/mol. The summed E-state index contributed by atoms with van der Waals surface area (Å²) in [6.07, 6.45) is 0.790. The average Bonchev–Trinajstić information content (AvgIpc) is 2.47. The lowest BCUT2D eigenvalue weighted by Gasteiger charge is -2.30. The molecule has 0 radical (unpaired) electrons. The topological polar surface area (TPSA) is 66.6 Å². The second kappa shape index (κ2) is 5.13. The molecule has 1 amide bonds. The van der Waals surface area contributed by atoms with Gasteiger partial charge in [-0.25, -0.2) is 0 Å². The lowest BCUT2D eigenvalue weighted by Crippen LogP contribution is -2.36. The molecular weight excluding hydrogens is 264 g/mol. The van der Waals surface area contributed by atoms with Crippen molar-refractivity contribution in [3.63, 3.8) is 0 Å². The van der Waals surface area contributed by atoms with E-state index in [4.69, 9.17) is 5.73 Å². The van der Waals surface area contributed by atoms with Crippen molar-refractivity contribution in [2.45, 2.75) is 19.9 Å². The van der Waals surface area contributed by atoms with Crippen molar-refractivity contribution in [1.29, 1.82) is 0 Å². The van der Waals surface area contributed by atoms with E-state index in [1.807, 2.05) is 25.1 Å². The van der Waals surface area contributed by atoms with Gasteiger partial charge in [-0.3, -0.25) is 4.79 Å². The number of carbonyl (C=O) groups is 1. The summed E-state index contributed by atoms with van der Waals surface area (Å²) in [5.74, 6) is -0.117. The van der Waals surface area contributed by atoms with Gasteiger partial charge in [0.15, 0.2) is 0 Å². The summed E-state index contributed by atoms with van der Waals surface area (Å²) in [6.45, 7) is 3.02. The lowest BCUT2D eigenvalue weighted by atomic mass is 9.97. The van der Waals surface area contributed by atoms with Gasteiger partial charge in [-0.15, -0.1) is 0 Å². The van der Waals surface area contributed by atoms with Crippen LogP contribution in [0.1, 0.15) is 27.0 Å². The fourth-order valence-electron chi connectivity index (χ4n) is 2.77. The molecule has 3 rings (SSSR count). The van der Waals surface area contributed by atoms with Gasteiger partial charge < -0.3 is 15.7 Å². The Bertz CT molecular complexity index is 710. The molecule has 0 saturated heterocycles. The van der Waals surface area contributed by atoms with Crippen LogP contribution < -0.4 is 5.73 Å². The molecule has 0 bridgehead atoms. The van der Waals surface area contributed by atoms with Gasteiger partial charge in [0, 0.05) is 18.8 Å². The maximum Gasteiger partial charge on any atom is 0.257 e. The summed E-state index contributed by atoms with van der Waals surface area (Å²) in [7, 11) is 0. The third-order valence-corrected chi connectivity index (χ3v) is 3.98. The van der Waals surface area contributed by atoms with Crippen molar-refractivity contribution >= 4 is 11.6 Å². The standard InChI is InChI=1S/C17H18N2O2/c1-11-5-6-13(16(20)9-11)17(21)19-8-7-12-3-2-4-15(18)14(12)10-19/h2-6,9,20H,7-8,10,18H2,1H3. The van der Waals surface area contributed by atoms with Crippen LogP contribution in [0.15, 0.2) is 36.4 Å². The van der Waals surface area contributed by atoms with Crippen LogP contribution in [0.5, 0.6) is 5.75 Å². The summed E-state index contributed by atoms with van der Waals surface area (Å²) in [6, 6.07) is 11.0. The molecule has 0 fully saturated rings. The van der Waals surface area contributed by atoms with Crippen molar-refractivity contribution in [2.75, 3.05) is 12.3 Å². The van der Waals surface area contributed by atoms with Crippen LogP contribution in [-0.2, 0) is 13.0 Å². The van der Waals surface area contributed by atoms with E-state index in [2.05, 4.69) is 6.07 Å². The van der Waals surface area contributed by atoms with Crippen LogP contribution in [0.25, 0.3) is 0 Å². The third-order valence-electron chi connectivity index (χ3n) is 3.98. The fraction of sp³-hybridized carbons (Fsp3) is 0.235. The van der Waals surface area contributed by atoms with Crippen LogP contribution >= 0.6 is 0 Å². The van der Waals surface area contributed by atoms with Gasteiger partial charge in [-0.2, -0.15) is 0 Å². The molecule has 3 N–H and O–H groups in total. The predicted octanol–water partition coefficient (Wildman–Crippen LogP) is 2.48. The van der Waals surface area contributed by atoms with Gasteiger partial charge in [0.25, 0.3) is 5.91 Å². The Balaban J connectivity index is 1.89. The number of phenolic OH excluding ortho intramolecular Hbond substituents is 1. The number of amides is 1. The fourth-order valence-corrected chi connectivity index (χ4v) is 2.77. The van der Waals surface area contributed by atoms with E-state index in [1.54, 1.807) is 17.0 Å². The van der Waals surface area contributed by atoms with E-state index >= 15 is 0 Å². The van der Waals surface area contributed by atoms with E-state index in [0.29, 0.717) is 18.7 Å². The minimum absolute atomic E-state index is 0.0341. The van der Waals surface area contributed by atoms with Gasteiger partial charge in [-0.05, 0) is 48.2 Å². The zero-order valence-corrected chi connectivity index (χ0v) is 12.0. The lowest BCUT2D eigenvalue weighted by molar-refractivity contribution is 0.0732. The number of fused-ring (bicyclic) bond motifs is 1. The van der Waals surface area contributed by atoms with E-state index in [1.165, 1.54) is 5.56 Å². The summed E-state index contributed by atoms with van der Waals surface area (Å²) in [4.78, 5) is 14.3. The highest BCUT2D eigenvalue weighted by Crippen LogP contribution is 2.27. The molecule has 0 aliphatic carbocycles. The monoisotopic (exact) mass is 282 g/mol. The SMILES string of the molecule is Cc1ccc(C(=O)N2CCc3cccc(N)c3C2)c(O)c1. The molecule has 0 unspecified atom stereocenters. The van der Waals surface area contributed by atoms with E-state index < -0.39 is 0 Å². The number of aryl methyl sites for hydroxylation is 1. The number of carbonyl (C=O) groups excluding carboxylic acids is 1. The van der Waals surface area contributed by atoms with E-state index in [9.17, 15) is 9.90 Å². The van der Waals surface area contributed by atoms with Gasteiger partial charge in [0.05, 0.1) is 5.56 Å². The Labute approximate surface area is 123 Å². The normalized spacial score (nSPS) is 13.9. The smallest absolute Gasteiger partial charge is 0.257 e. The van der Waals surface area contributed by atoms with Crippen LogP contribution in [0.2, 0.25) is 0 Å². The maximum absolute atomic E-state index is 12.6. The molecule has 0 aromatic heterocycles. The largest absolute Gasteiger partial charge is 0.507 e. The number of hydrogen-bond donors (Lipinski definition) is 2. The van der Waals surface area contributed by atoms with Gasteiger partial charge in [-0.1, -0.05) is 18.2 Å². The number of aromatic hydroxyl groups is 1. The molecule has 0 atom stereocenters. The number of nitrogens with two attached hydrogens (primary N) is 1. The highest BCUT2D eigenvalue weighted by molar-refractivity contribution is 5.97. The van der Waals surface area contributed by atoms with E-state index in [-0.39, 0.29) is 11.7 Å². The molecule has 1 heterocycles. The Kier molecular flexibility index (Phi) is 3.29. The molecule has 1 aliphatic heterocycles. The molecule has 0 saturated carbocycles. The number of anilines is 1. The molecule has 4 heteroatoms. The summed E-state index contributed by atoms with van der Waals surface area (Å²) < 4.78 is 0. The molecule has 4 nitrogen and oxygen atoms in total. The van der Waals surface area contributed by atoms with Crippen molar-refractivity contribution in [3.8, 4) is 5.75 Å². The first-order chi connectivity index (χ1) is 10.1. The van der Waals surface area contributed by atoms with Gasteiger partial charge in [0.2, 0.25) is 0 Å². The summed E-state index contributed by atoms with van der Waals surface area (Å²) >= 11 is 0. The predicted molar refractivity (Wildman–Crippen MR) is 82.1 cm³/mol. The van der Waals surface area contributed by atoms with Crippen molar-refractivity contribution in [1.82, 2.24) is 4.90 Å². The van der Waals surface area contributed by atoms with Gasteiger partial charge >= 0.3 is 0 Å². The van der Waals surface area contributed by atoms with Gasteiger partial charge in [0.1, 0.15) is 5.75 Å². The molecule has 2 aromatic rings.